The Labute approximate surface area is 159 Å². The summed E-state index contributed by atoms with van der Waals surface area (Å²) in [6.07, 6.45) is 2.22. The third-order valence-corrected chi connectivity index (χ3v) is 5.79. The Kier molecular flexibility index (Phi) is 3.94. The summed E-state index contributed by atoms with van der Waals surface area (Å²) in [6, 6.07) is 17.0. The van der Waals surface area contributed by atoms with Gasteiger partial charge in [-0.25, -0.2) is 4.98 Å². The van der Waals surface area contributed by atoms with Gasteiger partial charge in [-0.1, -0.05) is 23.8 Å². The van der Waals surface area contributed by atoms with Gasteiger partial charge in [0, 0.05) is 35.6 Å². The molecule has 1 saturated heterocycles. The number of rotatable bonds is 2. The topological polar surface area (TPSA) is 45.2 Å². The third kappa shape index (κ3) is 2.90. The van der Waals surface area contributed by atoms with E-state index in [2.05, 4.69) is 48.6 Å². The molecule has 1 aromatic heterocycles. The molecule has 2 aliphatic heterocycles. The van der Waals surface area contributed by atoms with Crippen LogP contribution in [0.3, 0.4) is 0 Å². The first-order chi connectivity index (χ1) is 13.2. The average Bonchev–Trinajstić information content (AvgIpc) is 3.04. The fraction of sp³-hybridized carbons (Fsp3) is 0.304. The fourth-order valence-corrected chi connectivity index (χ4v) is 4.30. The summed E-state index contributed by atoms with van der Waals surface area (Å²) in [5, 5.41) is 4.57. The van der Waals surface area contributed by atoms with Crippen LogP contribution in [0, 0.1) is 6.92 Å². The highest BCUT2D eigenvalue weighted by Crippen LogP contribution is 2.31. The van der Waals surface area contributed by atoms with Crippen molar-refractivity contribution in [3.63, 3.8) is 0 Å². The van der Waals surface area contributed by atoms with Gasteiger partial charge in [-0.2, -0.15) is 0 Å². The smallest absolute Gasteiger partial charge is 0.254 e. The zero-order valence-corrected chi connectivity index (χ0v) is 15.5. The molecule has 5 rings (SSSR count). The first-order valence-electron chi connectivity index (χ1n) is 9.71. The summed E-state index contributed by atoms with van der Waals surface area (Å²) >= 11 is 0. The Morgan fingerprint density at radius 3 is 2.89 bits per heavy atom. The van der Waals surface area contributed by atoms with Crippen molar-refractivity contribution in [2.75, 3.05) is 13.1 Å². The summed E-state index contributed by atoms with van der Waals surface area (Å²) in [5.74, 6) is 0.173. The van der Waals surface area contributed by atoms with Crippen molar-refractivity contribution in [2.45, 2.75) is 32.4 Å². The molecule has 0 spiro atoms. The van der Waals surface area contributed by atoms with Gasteiger partial charge in [0.15, 0.2) is 0 Å². The number of amides is 1. The monoisotopic (exact) mass is 357 g/mol. The molecule has 0 aliphatic carbocycles. The van der Waals surface area contributed by atoms with Crippen LogP contribution < -0.4 is 5.32 Å². The first kappa shape index (κ1) is 16.5. The van der Waals surface area contributed by atoms with Gasteiger partial charge in [0.25, 0.3) is 5.91 Å². The van der Waals surface area contributed by atoms with Crippen molar-refractivity contribution in [1.82, 2.24) is 15.2 Å². The second-order valence-corrected chi connectivity index (χ2v) is 7.70. The van der Waals surface area contributed by atoms with Crippen molar-refractivity contribution < 1.29 is 4.79 Å². The number of aromatic nitrogens is 1. The summed E-state index contributed by atoms with van der Waals surface area (Å²) < 4.78 is 0. The van der Waals surface area contributed by atoms with Gasteiger partial charge in [0.1, 0.15) is 0 Å². The van der Waals surface area contributed by atoms with Crippen molar-refractivity contribution >= 4 is 16.8 Å². The number of pyridine rings is 1. The van der Waals surface area contributed by atoms with Crippen LogP contribution in [0.2, 0.25) is 0 Å². The predicted molar refractivity (Wildman–Crippen MR) is 108 cm³/mol. The predicted octanol–water partition coefficient (Wildman–Crippen LogP) is 3.92. The van der Waals surface area contributed by atoms with E-state index >= 15 is 0 Å². The van der Waals surface area contributed by atoms with Crippen molar-refractivity contribution in [2.24, 2.45) is 0 Å². The van der Waals surface area contributed by atoms with E-state index in [9.17, 15) is 4.79 Å². The maximum Gasteiger partial charge on any atom is 0.254 e. The third-order valence-electron chi connectivity index (χ3n) is 5.79. The Morgan fingerprint density at radius 1 is 1.11 bits per heavy atom. The van der Waals surface area contributed by atoms with Crippen LogP contribution in [0.15, 0.2) is 48.5 Å². The van der Waals surface area contributed by atoms with Crippen molar-refractivity contribution in [1.29, 1.82) is 0 Å². The molecule has 3 heterocycles. The lowest BCUT2D eigenvalue weighted by Crippen LogP contribution is -2.46. The lowest BCUT2D eigenvalue weighted by atomic mass is 10.0. The molecule has 0 radical (unpaired) electrons. The van der Waals surface area contributed by atoms with Gasteiger partial charge < -0.3 is 10.2 Å². The van der Waals surface area contributed by atoms with E-state index in [4.69, 9.17) is 4.98 Å². The second kappa shape index (κ2) is 6.46. The number of carbonyl (C=O) groups excluding carboxylic acids is 1. The molecule has 1 atom stereocenters. The maximum absolute atomic E-state index is 12.8. The molecular formula is C23H23N3O. The van der Waals surface area contributed by atoms with E-state index in [1.807, 2.05) is 17.0 Å². The Bertz CT molecular complexity index is 1040. The number of nitrogens with one attached hydrogen (secondary N) is 1. The summed E-state index contributed by atoms with van der Waals surface area (Å²) in [6.45, 7) is 4.76. The quantitative estimate of drug-likeness (QED) is 0.756. The molecule has 136 valence electrons. The van der Waals surface area contributed by atoms with E-state index in [-0.39, 0.29) is 5.91 Å². The minimum absolute atomic E-state index is 0.173. The number of carbonyl (C=O) groups is 1. The molecule has 1 N–H and O–H groups in total. The van der Waals surface area contributed by atoms with E-state index in [1.54, 1.807) is 0 Å². The van der Waals surface area contributed by atoms with Crippen LogP contribution >= 0.6 is 0 Å². The molecule has 2 aliphatic rings. The van der Waals surface area contributed by atoms with Crippen LogP contribution in [-0.4, -0.2) is 34.9 Å². The molecule has 1 unspecified atom stereocenters. The number of aryl methyl sites for hydroxylation is 1. The number of piperidine rings is 1. The van der Waals surface area contributed by atoms with Gasteiger partial charge in [-0.15, -0.1) is 0 Å². The fourth-order valence-electron chi connectivity index (χ4n) is 4.30. The number of benzene rings is 2. The molecular weight excluding hydrogens is 334 g/mol. The van der Waals surface area contributed by atoms with Gasteiger partial charge in [0.2, 0.25) is 0 Å². The van der Waals surface area contributed by atoms with Crippen molar-refractivity contribution in [3.8, 4) is 11.3 Å². The number of fused-ring (bicyclic) bond motifs is 2. The highest BCUT2D eigenvalue weighted by Gasteiger charge is 2.33. The number of nitrogens with zero attached hydrogens (tertiary/aromatic N) is 2. The Morgan fingerprint density at radius 2 is 2.04 bits per heavy atom. The van der Waals surface area contributed by atoms with E-state index in [1.165, 1.54) is 5.56 Å². The van der Waals surface area contributed by atoms with Crippen LogP contribution in [0.5, 0.6) is 0 Å². The number of hydrogen-bond donors (Lipinski definition) is 1. The van der Waals surface area contributed by atoms with Gasteiger partial charge in [0.05, 0.1) is 11.2 Å². The molecule has 1 amide bonds. The van der Waals surface area contributed by atoms with Gasteiger partial charge in [-0.3, -0.25) is 4.79 Å². The summed E-state index contributed by atoms with van der Waals surface area (Å²) in [5.41, 5.74) is 6.25. The molecule has 4 nitrogen and oxygen atoms in total. The lowest BCUT2D eigenvalue weighted by molar-refractivity contribution is 0.0674. The minimum atomic E-state index is 0.173. The molecule has 3 aromatic rings. The zero-order valence-electron chi connectivity index (χ0n) is 15.5. The van der Waals surface area contributed by atoms with Crippen LogP contribution in [0.1, 0.15) is 34.3 Å². The maximum atomic E-state index is 12.8. The molecule has 1 fully saturated rings. The standard InChI is InChI=1S/C23H23N3O/c1-15-4-8-21-16(11-15)6-9-22(25-21)17-5-7-20-18(12-17)14-26(23(20)27)19-3-2-10-24-13-19/h4-9,11-12,19,24H,2-3,10,13-14H2,1H3. The van der Waals surface area contributed by atoms with E-state index in [0.29, 0.717) is 12.6 Å². The number of hydrogen-bond acceptors (Lipinski definition) is 3. The molecule has 2 aromatic carbocycles. The molecule has 27 heavy (non-hydrogen) atoms. The van der Waals surface area contributed by atoms with E-state index in [0.717, 1.165) is 59.2 Å². The normalized spacial score (nSPS) is 19.5. The second-order valence-electron chi connectivity index (χ2n) is 7.70. The SMILES string of the molecule is Cc1ccc2nc(-c3ccc4c(c3)CN(C3CCCNC3)C4=O)ccc2c1. The van der Waals surface area contributed by atoms with Crippen LogP contribution in [0.4, 0.5) is 0 Å². The Balaban J connectivity index is 1.47. The van der Waals surface area contributed by atoms with E-state index < -0.39 is 0 Å². The average molecular weight is 357 g/mol. The van der Waals surface area contributed by atoms with Crippen LogP contribution in [0.25, 0.3) is 22.2 Å². The molecule has 4 heteroatoms. The zero-order chi connectivity index (χ0) is 18.4. The molecule has 0 saturated carbocycles. The van der Waals surface area contributed by atoms with Gasteiger partial charge >= 0.3 is 0 Å². The highest BCUT2D eigenvalue weighted by molar-refractivity contribution is 5.99. The first-order valence-corrected chi connectivity index (χ1v) is 9.71. The van der Waals surface area contributed by atoms with Crippen LogP contribution in [-0.2, 0) is 6.54 Å². The van der Waals surface area contributed by atoms with Crippen molar-refractivity contribution in [3.05, 3.63) is 65.2 Å². The van der Waals surface area contributed by atoms with Gasteiger partial charge in [-0.05, 0) is 62.2 Å². The largest absolute Gasteiger partial charge is 0.330 e. The minimum Gasteiger partial charge on any atom is -0.330 e. The Hall–Kier alpha value is -2.72. The lowest BCUT2D eigenvalue weighted by Gasteiger charge is -2.31. The summed E-state index contributed by atoms with van der Waals surface area (Å²) in [4.78, 5) is 19.7. The molecule has 0 bridgehead atoms. The summed E-state index contributed by atoms with van der Waals surface area (Å²) in [7, 11) is 0. The highest BCUT2D eigenvalue weighted by atomic mass is 16.2.